The number of anilines is 1. The lowest BCUT2D eigenvalue weighted by atomic mass is 10.1. The number of rotatable bonds is 5. The van der Waals surface area contributed by atoms with Crippen LogP contribution in [-0.2, 0) is 17.8 Å². The second-order valence-corrected chi connectivity index (χ2v) is 8.11. The molecular weight excluding hydrogens is 394 g/mol. The zero-order valence-corrected chi connectivity index (χ0v) is 17.3. The Balaban J connectivity index is 1.48. The first-order valence-electron chi connectivity index (χ1n) is 10.2. The Kier molecular flexibility index (Phi) is 5.01. The molecule has 1 amide bonds. The van der Waals surface area contributed by atoms with Gasteiger partial charge in [0.25, 0.3) is 0 Å². The molecule has 2 heterocycles. The molecule has 1 aliphatic rings. The lowest BCUT2D eigenvalue weighted by Gasteiger charge is -2.18. The van der Waals surface area contributed by atoms with Gasteiger partial charge in [0.05, 0.1) is 21.7 Å². The fraction of sp³-hybridized carbons (Fsp3) is 0.200. The van der Waals surface area contributed by atoms with Gasteiger partial charge in [-0.25, -0.2) is 4.98 Å². The fourth-order valence-electron chi connectivity index (χ4n) is 4.31. The first-order valence-corrected chi connectivity index (χ1v) is 10.6. The van der Waals surface area contributed by atoms with E-state index < -0.39 is 0 Å². The number of hydrogen-bond donors (Lipinski definition) is 0. The number of imidazole rings is 1. The highest BCUT2D eigenvalue weighted by Gasteiger charge is 2.35. The number of halogens is 1. The summed E-state index contributed by atoms with van der Waals surface area (Å²) in [5.74, 6) is 1.11. The molecule has 3 aromatic carbocycles. The first-order chi connectivity index (χ1) is 14.7. The molecule has 0 spiro atoms. The van der Waals surface area contributed by atoms with Gasteiger partial charge in [0.1, 0.15) is 5.82 Å². The van der Waals surface area contributed by atoms with E-state index in [4.69, 9.17) is 16.6 Å². The van der Waals surface area contributed by atoms with Gasteiger partial charge in [0.15, 0.2) is 0 Å². The van der Waals surface area contributed by atoms with Gasteiger partial charge >= 0.3 is 0 Å². The number of carbonyl (C=O) groups excluding carboxylic acids is 1. The Morgan fingerprint density at radius 1 is 0.933 bits per heavy atom. The minimum Gasteiger partial charge on any atom is -0.327 e. The number of para-hydroxylation sites is 3. The third kappa shape index (κ3) is 3.48. The highest BCUT2D eigenvalue weighted by atomic mass is 35.5. The van der Waals surface area contributed by atoms with E-state index in [9.17, 15) is 4.79 Å². The van der Waals surface area contributed by atoms with Crippen molar-refractivity contribution in [1.29, 1.82) is 0 Å². The van der Waals surface area contributed by atoms with Crippen molar-refractivity contribution in [3.63, 3.8) is 0 Å². The summed E-state index contributed by atoms with van der Waals surface area (Å²) in [6.07, 6.45) is 1.36. The highest BCUT2D eigenvalue weighted by Crippen LogP contribution is 2.36. The van der Waals surface area contributed by atoms with Crippen LogP contribution in [0, 0.1) is 0 Å². The van der Waals surface area contributed by atoms with E-state index in [0.717, 1.165) is 35.5 Å². The quantitative estimate of drug-likeness (QED) is 0.434. The van der Waals surface area contributed by atoms with E-state index in [-0.39, 0.29) is 11.8 Å². The maximum atomic E-state index is 12.8. The van der Waals surface area contributed by atoms with Crippen LogP contribution in [0.1, 0.15) is 23.7 Å². The van der Waals surface area contributed by atoms with Gasteiger partial charge in [-0.05, 0) is 36.2 Å². The molecular formula is C25H22ClN3O. The lowest BCUT2D eigenvalue weighted by Crippen LogP contribution is -2.24. The summed E-state index contributed by atoms with van der Waals surface area (Å²) in [6.45, 7) is 1.42. The Morgan fingerprint density at radius 3 is 2.50 bits per heavy atom. The number of fused-ring (bicyclic) bond motifs is 1. The molecule has 1 atom stereocenters. The van der Waals surface area contributed by atoms with Gasteiger partial charge < -0.3 is 9.47 Å². The van der Waals surface area contributed by atoms with Crippen LogP contribution in [0.5, 0.6) is 0 Å². The summed E-state index contributed by atoms with van der Waals surface area (Å²) in [7, 11) is 0. The van der Waals surface area contributed by atoms with Crippen LogP contribution in [0.4, 0.5) is 5.69 Å². The van der Waals surface area contributed by atoms with E-state index in [1.807, 2.05) is 48.5 Å². The SMILES string of the molecule is O=C1C[C@@H](c2nc3ccccc3n2CCc2ccccc2)CN1c1ccccc1Cl. The smallest absolute Gasteiger partial charge is 0.227 e. The fourth-order valence-corrected chi connectivity index (χ4v) is 4.55. The van der Waals surface area contributed by atoms with Crippen molar-refractivity contribution in [2.45, 2.75) is 25.3 Å². The van der Waals surface area contributed by atoms with E-state index in [2.05, 4.69) is 34.9 Å². The van der Waals surface area contributed by atoms with Gasteiger partial charge in [-0.2, -0.15) is 0 Å². The van der Waals surface area contributed by atoms with Crippen molar-refractivity contribution in [2.24, 2.45) is 0 Å². The lowest BCUT2D eigenvalue weighted by molar-refractivity contribution is -0.117. The van der Waals surface area contributed by atoms with Crippen LogP contribution < -0.4 is 4.90 Å². The van der Waals surface area contributed by atoms with Crippen LogP contribution >= 0.6 is 11.6 Å². The summed E-state index contributed by atoms with van der Waals surface area (Å²) in [6, 6.07) is 26.2. The summed E-state index contributed by atoms with van der Waals surface area (Å²) < 4.78 is 2.29. The molecule has 0 bridgehead atoms. The molecule has 4 aromatic rings. The Labute approximate surface area is 180 Å². The zero-order valence-electron chi connectivity index (χ0n) is 16.5. The summed E-state index contributed by atoms with van der Waals surface area (Å²) in [4.78, 5) is 19.6. The first kappa shape index (κ1) is 18.9. The van der Waals surface area contributed by atoms with Gasteiger partial charge in [-0.3, -0.25) is 4.79 Å². The van der Waals surface area contributed by atoms with Crippen molar-refractivity contribution in [3.8, 4) is 0 Å². The zero-order chi connectivity index (χ0) is 20.5. The minimum absolute atomic E-state index is 0.0388. The number of aryl methyl sites for hydroxylation is 2. The van der Waals surface area contributed by atoms with Crippen LogP contribution in [0.3, 0.4) is 0 Å². The Bertz CT molecular complexity index is 1200. The van der Waals surface area contributed by atoms with Crippen molar-refractivity contribution in [2.75, 3.05) is 11.4 Å². The monoisotopic (exact) mass is 415 g/mol. The maximum absolute atomic E-state index is 12.8. The Hall–Kier alpha value is -3.11. The summed E-state index contributed by atoms with van der Waals surface area (Å²) >= 11 is 6.36. The predicted molar refractivity (Wildman–Crippen MR) is 121 cm³/mol. The molecule has 1 aliphatic heterocycles. The molecule has 150 valence electrons. The van der Waals surface area contributed by atoms with Crippen molar-refractivity contribution >= 4 is 34.2 Å². The molecule has 5 rings (SSSR count). The summed E-state index contributed by atoms with van der Waals surface area (Å²) in [5, 5.41) is 0.601. The van der Waals surface area contributed by atoms with Gasteiger partial charge in [-0.15, -0.1) is 0 Å². The molecule has 0 saturated carbocycles. The summed E-state index contributed by atoms with van der Waals surface area (Å²) in [5.41, 5.74) is 4.16. The van der Waals surface area contributed by atoms with Crippen molar-refractivity contribution in [3.05, 3.63) is 95.3 Å². The maximum Gasteiger partial charge on any atom is 0.227 e. The molecule has 1 saturated heterocycles. The average Bonchev–Trinajstić information content (AvgIpc) is 3.34. The van der Waals surface area contributed by atoms with Crippen molar-refractivity contribution < 1.29 is 4.79 Å². The molecule has 5 heteroatoms. The second-order valence-electron chi connectivity index (χ2n) is 7.70. The molecule has 0 radical (unpaired) electrons. The highest BCUT2D eigenvalue weighted by molar-refractivity contribution is 6.33. The molecule has 0 N–H and O–H groups in total. The normalized spacial score (nSPS) is 16.5. The number of amides is 1. The van der Waals surface area contributed by atoms with E-state index in [0.29, 0.717) is 18.0 Å². The van der Waals surface area contributed by atoms with E-state index >= 15 is 0 Å². The van der Waals surface area contributed by atoms with E-state index in [1.54, 1.807) is 4.90 Å². The van der Waals surface area contributed by atoms with Crippen LogP contribution in [0.2, 0.25) is 5.02 Å². The molecule has 4 nitrogen and oxygen atoms in total. The number of aromatic nitrogens is 2. The van der Waals surface area contributed by atoms with Crippen LogP contribution in [0.15, 0.2) is 78.9 Å². The van der Waals surface area contributed by atoms with Gasteiger partial charge in [0.2, 0.25) is 5.91 Å². The predicted octanol–water partition coefficient (Wildman–Crippen LogP) is 5.45. The van der Waals surface area contributed by atoms with Crippen molar-refractivity contribution in [1.82, 2.24) is 9.55 Å². The molecule has 1 aromatic heterocycles. The van der Waals surface area contributed by atoms with Gasteiger partial charge in [0, 0.05) is 25.4 Å². The molecule has 1 fully saturated rings. The van der Waals surface area contributed by atoms with E-state index in [1.165, 1.54) is 5.56 Å². The third-order valence-corrected chi connectivity index (χ3v) is 6.10. The molecule has 0 unspecified atom stereocenters. The molecule has 30 heavy (non-hydrogen) atoms. The topological polar surface area (TPSA) is 38.1 Å². The van der Waals surface area contributed by atoms with Crippen LogP contribution in [-0.4, -0.2) is 22.0 Å². The second kappa shape index (κ2) is 7.96. The van der Waals surface area contributed by atoms with Crippen LogP contribution in [0.25, 0.3) is 11.0 Å². The number of nitrogens with zero attached hydrogens (tertiary/aromatic N) is 3. The molecule has 0 aliphatic carbocycles. The number of carbonyl (C=O) groups is 1. The standard InChI is InChI=1S/C25H22ClN3O/c26-20-10-4-6-12-22(20)29-17-19(16-24(29)30)25-27-21-11-5-7-13-23(21)28(25)15-14-18-8-2-1-3-9-18/h1-13,19H,14-17H2/t19-/m1/s1. The Morgan fingerprint density at radius 2 is 1.67 bits per heavy atom. The number of hydrogen-bond acceptors (Lipinski definition) is 2. The minimum atomic E-state index is 0.0388. The average molecular weight is 416 g/mol. The third-order valence-electron chi connectivity index (χ3n) is 5.78. The largest absolute Gasteiger partial charge is 0.327 e. The van der Waals surface area contributed by atoms with Gasteiger partial charge in [-0.1, -0.05) is 66.2 Å². The number of benzene rings is 3.